The molecule has 0 unspecified atom stereocenters. The molecule has 0 saturated carbocycles. The van der Waals surface area contributed by atoms with Gasteiger partial charge in [0, 0.05) is 32.5 Å². The van der Waals surface area contributed by atoms with Crippen molar-refractivity contribution in [2.75, 3.05) is 30.0 Å². The predicted molar refractivity (Wildman–Crippen MR) is 105 cm³/mol. The lowest BCUT2D eigenvalue weighted by molar-refractivity contribution is -0.121. The molecule has 0 aliphatic carbocycles. The molecule has 2 aliphatic heterocycles. The summed E-state index contributed by atoms with van der Waals surface area (Å²) in [5, 5.41) is 10.1. The Bertz CT molecular complexity index is 1040. The van der Waals surface area contributed by atoms with Gasteiger partial charge in [-0.05, 0) is 25.0 Å². The average molecular weight is 421 g/mol. The number of nitrogens with zero attached hydrogens (tertiary/aromatic N) is 3. The second-order valence-corrected chi connectivity index (χ2v) is 9.46. The van der Waals surface area contributed by atoms with Crippen LogP contribution in [-0.4, -0.2) is 53.7 Å². The summed E-state index contributed by atoms with van der Waals surface area (Å²) in [6, 6.07) is 3.55. The van der Waals surface area contributed by atoms with Crippen molar-refractivity contribution in [2.45, 2.75) is 25.2 Å². The molecule has 2 N–H and O–H groups in total. The lowest BCUT2D eigenvalue weighted by Crippen LogP contribution is -2.41. The van der Waals surface area contributed by atoms with Crippen LogP contribution < -0.4 is 10.6 Å². The summed E-state index contributed by atoms with van der Waals surface area (Å²) in [7, 11) is -1.55. The molecular weight excluding hydrogens is 398 g/mol. The molecular formula is C18H23N5O5S. The highest BCUT2D eigenvalue weighted by atomic mass is 32.2. The maximum absolute atomic E-state index is 12.8. The van der Waals surface area contributed by atoms with Gasteiger partial charge in [-0.3, -0.25) is 14.3 Å². The van der Waals surface area contributed by atoms with Gasteiger partial charge in [0.15, 0.2) is 5.82 Å². The summed E-state index contributed by atoms with van der Waals surface area (Å²) in [5.41, 5.74) is 0.712. The van der Waals surface area contributed by atoms with Gasteiger partial charge in [0.1, 0.15) is 11.6 Å². The Morgan fingerprint density at radius 2 is 2.07 bits per heavy atom. The zero-order valence-electron chi connectivity index (χ0n) is 16.2. The molecule has 0 radical (unpaired) electrons. The zero-order valence-corrected chi connectivity index (χ0v) is 17.0. The Balaban J connectivity index is 1.55. The van der Waals surface area contributed by atoms with Gasteiger partial charge in [0.2, 0.25) is 21.8 Å². The Morgan fingerprint density at radius 1 is 1.34 bits per heavy atom. The molecule has 2 aromatic heterocycles. The van der Waals surface area contributed by atoms with Gasteiger partial charge in [-0.25, -0.2) is 12.7 Å². The monoisotopic (exact) mass is 421 g/mol. The molecule has 11 heteroatoms. The molecule has 4 rings (SSSR count). The van der Waals surface area contributed by atoms with E-state index in [4.69, 9.17) is 4.42 Å². The van der Waals surface area contributed by atoms with E-state index in [0.29, 0.717) is 48.9 Å². The third-order valence-corrected chi connectivity index (χ3v) is 6.80. The molecule has 29 heavy (non-hydrogen) atoms. The maximum atomic E-state index is 12.8. The third kappa shape index (κ3) is 3.79. The van der Waals surface area contributed by atoms with Crippen LogP contribution in [0.25, 0.3) is 0 Å². The van der Waals surface area contributed by atoms with Gasteiger partial charge >= 0.3 is 0 Å². The van der Waals surface area contributed by atoms with Crippen molar-refractivity contribution in [3.05, 3.63) is 29.7 Å². The van der Waals surface area contributed by atoms with Crippen molar-refractivity contribution < 1.29 is 22.4 Å². The molecule has 2 aliphatic rings. The van der Waals surface area contributed by atoms with Crippen LogP contribution in [0.2, 0.25) is 0 Å². The highest BCUT2D eigenvalue weighted by Crippen LogP contribution is 2.41. The number of aryl methyl sites for hydroxylation is 1. The summed E-state index contributed by atoms with van der Waals surface area (Å²) in [4.78, 5) is 25.0. The highest BCUT2D eigenvalue weighted by Gasteiger charge is 2.36. The quantitative estimate of drug-likeness (QED) is 0.761. The predicted octanol–water partition coefficient (Wildman–Crippen LogP) is 1.10. The SMILES string of the molecule is Cn1nc(NC(=O)C2CCN(S(C)(=O)=O)CC2)c2c1NC(=O)C[C@H]2c1ccco1. The van der Waals surface area contributed by atoms with Crippen molar-refractivity contribution in [1.29, 1.82) is 0 Å². The van der Waals surface area contributed by atoms with Crippen LogP contribution in [0.3, 0.4) is 0 Å². The van der Waals surface area contributed by atoms with E-state index in [2.05, 4.69) is 15.7 Å². The number of anilines is 2. The summed E-state index contributed by atoms with van der Waals surface area (Å²) in [6.07, 6.45) is 3.82. The van der Waals surface area contributed by atoms with E-state index in [-0.39, 0.29) is 30.1 Å². The van der Waals surface area contributed by atoms with E-state index in [0.717, 1.165) is 0 Å². The van der Waals surface area contributed by atoms with Gasteiger partial charge < -0.3 is 15.1 Å². The zero-order chi connectivity index (χ0) is 20.8. The fraction of sp³-hybridized carbons (Fsp3) is 0.500. The van der Waals surface area contributed by atoms with Crippen LogP contribution >= 0.6 is 0 Å². The fourth-order valence-electron chi connectivity index (χ4n) is 3.98. The number of sulfonamides is 1. The van der Waals surface area contributed by atoms with Gasteiger partial charge in [0.25, 0.3) is 0 Å². The number of fused-ring (bicyclic) bond motifs is 1. The topological polar surface area (TPSA) is 127 Å². The lowest BCUT2D eigenvalue weighted by Gasteiger charge is -2.29. The average Bonchev–Trinajstić information content (AvgIpc) is 3.30. The number of hydrogen-bond donors (Lipinski definition) is 2. The molecule has 0 aromatic carbocycles. The first-order chi connectivity index (χ1) is 13.7. The Kier molecular flexibility index (Phi) is 4.95. The van der Waals surface area contributed by atoms with Crippen LogP contribution in [0.4, 0.5) is 11.6 Å². The van der Waals surface area contributed by atoms with Crippen molar-refractivity contribution in [3.63, 3.8) is 0 Å². The van der Waals surface area contributed by atoms with E-state index in [9.17, 15) is 18.0 Å². The Labute approximate surface area is 168 Å². The molecule has 1 atom stereocenters. The fourth-order valence-corrected chi connectivity index (χ4v) is 4.86. The molecule has 2 amide bonds. The van der Waals surface area contributed by atoms with Crippen LogP contribution in [0.15, 0.2) is 22.8 Å². The number of nitrogens with one attached hydrogen (secondary N) is 2. The molecule has 0 spiro atoms. The molecule has 1 fully saturated rings. The number of carbonyl (C=O) groups excluding carboxylic acids is 2. The normalized spacial score (nSPS) is 20.9. The Morgan fingerprint density at radius 3 is 2.69 bits per heavy atom. The first-order valence-electron chi connectivity index (χ1n) is 9.40. The summed E-state index contributed by atoms with van der Waals surface area (Å²) in [5.74, 6) is 0.563. The van der Waals surface area contributed by atoms with Gasteiger partial charge in [-0.2, -0.15) is 5.10 Å². The third-order valence-electron chi connectivity index (χ3n) is 5.50. The Hall–Kier alpha value is -2.66. The molecule has 1 saturated heterocycles. The molecule has 4 heterocycles. The summed E-state index contributed by atoms with van der Waals surface area (Å²) < 4.78 is 31.8. The smallest absolute Gasteiger partial charge is 0.228 e. The highest BCUT2D eigenvalue weighted by molar-refractivity contribution is 7.88. The van der Waals surface area contributed by atoms with Crippen LogP contribution in [0.1, 0.15) is 36.5 Å². The maximum Gasteiger partial charge on any atom is 0.228 e. The molecule has 10 nitrogen and oxygen atoms in total. The van der Waals surface area contributed by atoms with Crippen molar-refractivity contribution in [2.24, 2.45) is 13.0 Å². The van der Waals surface area contributed by atoms with Gasteiger partial charge in [0.05, 0.1) is 24.0 Å². The minimum absolute atomic E-state index is 0.145. The largest absolute Gasteiger partial charge is 0.469 e. The van der Waals surface area contributed by atoms with Crippen LogP contribution in [-0.2, 0) is 26.7 Å². The molecule has 156 valence electrons. The van der Waals surface area contributed by atoms with Crippen molar-refractivity contribution in [3.8, 4) is 0 Å². The standard InChI is InChI=1S/C18H23N5O5S/c1-22-17-15(12(10-14(24)19-17)13-4-3-9-28-13)16(21-22)20-18(25)11-5-7-23(8-6-11)29(2,26)27/h3-4,9,11-12H,5-8,10H2,1-2H3,(H,19,24)(H,20,21,25)/t12-/m0/s1. The molecule has 2 aromatic rings. The van der Waals surface area contributed by atoms with E-state index in [1.165, 1.54) is 15.2 Å². The number of rotatable bonds is 4. The van der Waals surface area contributed by atoms with Crippen molar-refractivity contribution >= 4 is 33.5 Å². The van der Waals surface area contributed by atoms with Crippen LogP contribution in [0, 0.1) is 5.92 Å². The number of piperidine rings is 1. The van der Waals surface area contributed by atoms with Crippen molar-refractivity contribution in [1.82, 2.24) is 14.1 Å². The van der Waals surface area contributed by atoms with E-state index in [1.54, 1.807) is 25.4 Å². The number of furan rings is 1. The number of aromatic nitrogens is 2. The second kappa shape index (κ2) is 7.30. The second-order valence-electron chi connectivity index (χ2n) is 7.48. The van der Waals surface area contributed by atoms with E-state index < -0.39 is 10.0 Å². The number of carbonyl (C=O) groups is 2. The van der Waals surface area contributed by atoms with E-state index in [1.807, 2.05) is 0 Å². The first kappa shape index (κ1) is 19.6. The number of amides is 2. The van der Waals surface area contributed by atoms with Gasteiger partial charge in [-0.15, -0.1) is 0 Å². The summed E-state index contributed by atoms with van der Waals surface area (Å²) in [6.45, 7) is 0.643. The minimum Gasteiger partial charge on any atom is -0.469 e. The first-order valence-corrected chi connectivity index (χ1v) is 11.2. The number of hydrogen-bond acceptors (Lipinski definition) is 6. The minimum atomic E-state index is -3.24. The summed E-state index contributed by atoms with van der Waals surface area (Å²) >= 11 is 0. The van der Waals surface area contributed by atoms with Gasteiger partial charge in [-0.1, -0.05) is 0 Å². The lowest BCUT2D eigenvalue weighted by atomic mass is 9.90. The molecule has 0 bridgehead atoms. The van der Waals surface area contributed by atoms with Crippen LogP contribution in [0.5, 0.6) is 0 Å². The van der Waals surface area contributed by atoms with E-state index >= 15 is 0 Å².